The Kier molecular flexibility index (Phi) is 7.99. The minimum absolute atomic E-state index is 0.0232. The van der Waals surface area contributed by atoms with Gasteiger partial charge in [-0.15, -0.1) is 0 Å². The number of hydrogen-bond acceptors (Lipinski definition) is 5. The molecule has 2 aromatic rings. The quantitative estimate of drug-likeness (QED) is 0.536. The third-order valence-corrected chi connectivity index (χ3v) is 7.16. The topological polar surface area (TPSA) is 113 Å². The third-order valence-electron chi connectivity index (χ3n) is 4.40. The normalized spacial score (nSPS) is 12.0. The Morgan fingerprint density at radius 3 is 2.30 bits per heavy atom. The number of hydrogen-bond donors (Lipinski definition) is 2. The van der Waals surface area contributed by atoms with E-state index in [9.17, 15) is 21.6 Å². The first-order valence-electron chi connectivity index (χ1n) is 9.46. The molecule has 0 heterocycles. The van der Waals surface area contributed by atoms with Gasteiger partial charge in [0.15, 0.2) is 0 Å². The zero-order chi connectivity index (χ0) is 22.4. The van der Waals surface area contributed by atoms with Crippen LogP contribution in [0.4, 0.5) is 5.69 Å². The van der Waals surface area contributed by atoms with Gasteiger partial charge in [-0.3, -0.25) is 9.52 Å². The summed E-state index contributed by atoms with van der Waals surface area (Å²) in [6, 6.07) is 12.7. The van der Waals surface area contributed by atoms with Crippen LogP contribution in [0.1, 0.15) is 29.3 Å². The molecule has 0 aromatic heterocycles. The highest BCUT2D eigenvalue weighted by molar-refractivity contribution is 7.92. The van der Waals surface area contributed by atoms with Crippen molar-refractivity contribution in [3.63, 3.8) is 0 Å². The fourth-order valence-electron chi connectivity index (χ4n) is 2.76. The molecule has 0 atom stereocenters. The van der Waals surface area contributed by atoms with Crippen molar-refractivity contribution in [1.29, 1.82) is 0 Å². The Hall–Kier alpha value is -2.43. The van der Waals surface area contributed by atoms with E-state index in [1.54, 1.807) is 31.2 Å². The Morgan fingerprint density at radius 1 is 1.03 bits per heavy atom. The SMILES string of the molecule is CCN(CCCNC(=O)c1cccc(S(=O)(=O)Nc2ccc(C)cc2)c1)S(C)(=O)=O. The van der Waals surface area contributed by atoms with Crippen LogP contribution in [-0.2, 0) is 20.0 Å². The maximum Gasteiger partial charge on any atom is 0.261 e. The largest absolute Gasteiger partial charge is 0.352 e. The minimum atomic E-state index is -3.84. The van der Waals surface area contributed by atoms with Crippen molar-refractivity contribution >= 4 is 31.6 Å². The van der Waals surface area contributed by atoms with Gasteiger partial charge in [-0.1, -0.05) is 30.7 Å². The molecule has 0 spiro atoms. The molecule has 0 radical (unpaired) electrons. The second-order valence-corrected chi connectivity index (χ2v) is 10.5. The highest BCUT2D eigenvalue weighted by atomic mass is 32.2. The van der Waals surface area contributed by atoms with Crippen LogP contribution in [0.2, 0.25) is 0 Å². The van der Waals surface area contributed by atoms with Crippen LogP contribution >= 0.6 is 0 Å². The van der Waals surface area contributed by atoms with Crippen LogP contribution in [0.5, 0.6) is 0 Å². The van der Waals surface area contributed by atoms with E-state index in [4.69, 9.17) is 0 Å². The first-order valence-corrected chi connectivity index (χ1v) is 12.8. The van der Waals surface area contributed by atoms with E-state index in [1.165, 1.54) is 28.6 Å². The molecule has 2 rings (SSSR count). The predicted molar refractivity (Wildman–Crippen MR) is 117 cm³/mol. The minimum Gasteiger partial charge on any atom is -0.352 e. The molecule has 0 aliphatic carbocycles. The maximum atomic E-state index is 12.6. The van der Waals surface area contributed by atoms with Gasteiger partial charge in [0.1, 0.15) is 0 Å². The number of aryl methyl sites for hydroxylation is 1. The van der Waals surface area contributed by atoms with Crippen LogP contribution < -0.4 is 10.0 Å². The van der Waals surface area contributed by atoms with Gasteiger partial charge in [0.2, 0.25) is 10.0 Å². The molecule has 0 saturated carbocycles. The summed E-state index contributed by atoms with van der Waals surface area (Å²) in [7, 11) is -7.11. The summed E-state index contributed by atoms with van der Waals surface area (Å²) in [4.78, 5) is 12.3. The van der Waals surface area contributed by atoms with Gasteiger partial charge in [0, 0.05) is 30.9 Å². The van der Waals surface area contributed by atoms with Gasteiger partial charge in [-0.2, -0.15) is 0 Å². The second-order valence-electron chi connectivity index (χ2n) is 6.86. The molecular formula is C20H27N3O5S2. The first-order chi connectivity index (χ1) is 14.0. The Balaban J connectivity index is 2.00. The van der Waals surface area contributed by atoms with Crippen LogP contribution in [0.15, 0.2) is 53.4 Å². The van der Waals surface area contributed by atoms with Crippen LogP contribution in [-0.4, -0.2) is 52.9 Å². The lowest BCUT2D eigenvalue weighted by molar-refractivity contribution is 0.0952. The zero-order valence-corrected chi connectivity index (χ0v) is 18.9. The smallest absolute Gasteiger partial charge is 0.261 e. The summed E-state index contributed by atoms with van der Waals surface area (Å²) in [5.41, 5.74) is 1.65. The number of amides is 1. The van der Waals surface area contributed by atoms with Crippen molar-refractivity contribution in [2.75, 3.05) is 30.6 Å². The molecule has 0 bridgehead atoms. The molecule has 8 nitrogen and oxygen atoms in total. The molecule has 0 aliphatic heterocycles. The van der Waals surface area contributed by atoms with Crippen LogP contribution in [0.25, 0.3) is 0 Å². The summed E-state index contributed by atoms with van der Waals surface area (Å²) < 4.78 is 52.2. The van der Waals surface area contributed by atoms with Gasteiger partial charge in [-0.25, -0.2) is 21.1 Å². The molecule has 30 heavy (non-hydrogen) atoms. The number of rotatable bonds is 10. The number of nitrogens with one attached hydrogen (secondary N) is 2. The van der Waals surface area contributed by atoms with E-state index in [0.717, 1.165) is 11.8 Å². The maximum absolute atomic E-state index is 12.6. The number of sulfonamides is 2. The first kappa shape index (κ1) is 23.8. The second kappa shape index (κ2) is 10.1. The molecule has 2 aromatic carbocycles. The van der Waals surface area contributed by atoms with Crippen LogP contribution in [0, 0.1) is 6.92 Å². The Morgan fingerprint density at radius 2 is 1.70 bits per heavy atom. The van der Waals surface area contributed by atoms with Gasteiger partial charge in [0.05, 0.1) is 11.2 Å². The predicted octanol–water partition coefficient (Wildman–Crippen LogP) is 2.20. The fourth-order valence-corrected chi connectivity index (χ4v) is 4.79. The number of nitrogens with zero attached hydrogens (tertiary/aromatic N) is 1. The lowest BCUT2D eigenvalue weighted by Gasteiger charge is -2.17. The molecular weight excluding hydrogens is 426 g/mol. The molecule has 1 amide bonds. The monoisotopic (exact) mass is 453 g/mol. The van der Waals surface area contributed by atoms with Gasteiger partial charge in [-0.05, 0) is 43.7 Å². The molecule has 10 heteroatoms. The molecule has 164 valence electrons. The molecule has 0 unspecified atom stereocenters. The number of benzene rings is 2. The van der Waals surface area contributed by atoms with E-state index < -0.39 is 26.0 Å². The average molecular weight is 454 g/mol. The van der Waals surface area contributed by atoms with Crippen molar-refractivity contribution in [3.05, 3.63) is 59.7 Å². The molecule has 0 saturated heterocycles. The highest BCUT2D eigenvalue weighted by Gasteiger charge is 2.17. The van der Waals surface area contributed by atoms with Crippen molar-refractivity contribution < 1.29 is 21.6 Å². The zero-order valence-electron chi connectivity index (χ0n) is 17.3. The van der Waals surface area contributed by atoms with Crippen molar-refractivity contribution in [2.45, 2.75) is 25.2 Å². The summed E-state index contributed by atoms with van der Waals surface area (Å²) in [5.74, 6) is -0.426. The van der Waals surface area contributed by atoms with Crippen molar-refractivity contribution in [3.8, 4) is 0 Å². The van der Waals surface area contributed by atoms with E-state index in [1.807, 2.05) is 6.92 Å². The van der Waals surface area contributed by atoms with Gasteiger partial charge < -0.3 is 5.32 Å². The molecule has 0 fully saturated rings. The van der Waals surface area contributed by atoms with E-state index in [-0.39, 0.29) is 17.0 Å². The molecule has 2 N–H and O–H groups in total. The number of anilines is 1. The van der Waals surface area contributed by atoms with Crippen molar-refractivity contribution in [1.82, 2.24) is 9.62 Å². The van der Waals surface area contributed by atoms with E-state index in [0.29, 0.717) is 25.2 Å². The third kappa shape index (κ3) is 6.82. The van der Waals surface area contributed by atoms with Gasteiger partial charge in [0.25, 0.3) is 15.9 Å². The molecule has 0 aliphatic rings. The highest BCUT2D eigenvalue weighted by Crippen LogP contribution is 2.17. The standard InChI is InChI=1S/C20H27N3O5S2/c1-4-23(29(3,25)26)14-6-13-21-20(24)17-7-5-8-19(15-17)30(27,28)22-18-11-9-16(2)10-12-18/h5,7-12,15,22H,4,6,13-14H2,1-3H3,(H,21,24). The lowest BCUT2D eigenvalue weighted by atomic mass is 10.2. The summed E-state index contributed by atoms with van der Waals surface area (Å²) in [6.45, 7) is 4.58. The fraction of sp³-hybridized carbons (Fsp3) is 0.350. The lowest BCUT2D eigenvalue weighted by Crippen LogP contribution is -2.33. The Labute approximate surface area is 178 Å². The average Bonchev–Trinajstić information content (AvgIpc) is 2.68. The summed E-state index contributed by atoms with van der Waals surface area (Å²) >= 11 is 0. The summed E-state index contributed by atoms with van der Waals surface area (Å²) in [6.07, 6.45) is 1.59. The van der Waals surface area contributed by atoms with E-state index >= 15 is 0 Å². The summed E-state index contributed by atoms with van der Waals surface area (Å²) in [5, 5.41) is 2.69. The van der Waals surface area contributed by atoms with E-state index in [2.05, 4.69) is 10.0 Å². The van der Waals surface area contributed by atoms with Crippen molar-refractivity contribution in [2.24, 2.45) is 0 Å². The number of carbonyl (C=O) groups is 1. The number of carbonyl (C=O) groups excluding carboxylic acids is 1. The van der Waals surface area contributed by atoms with Crippen LogP contribution in [0.3, 0.4) is 0 Å². The Bertz CT molecular complexity index is 1080. The van der Waals surface area contributed by atoms with Gasteiger partial charge >= 0.3 is 0 Å².